The standard InChI is InChI=1S/C20H29N4O3/c1-24(21-16-19-8-5-12-27-19)11-15-26-17-20(24,23-9-13-25-14-10-23)22-18-6-3-2-4-7-18/h2-8,12,21-22H,9-11,13-17H2,1H3/q+1. The van der Waals surface area contributed by atoms with Crippen molar-refractivity contribution in [3.63, 3.8) is 0 Å². The fourth-order valence-corrected chi connectivity index (χ4v) is 3.99. The highest BCUT2D eigenvalue weighted by Crippen LogP contribution is 2.32. The molecule has 0 aliphatic carbocycles. The maximum Gasteiger partial charge on any atom is 0.275 e. The third kappa shape index (κ3) is 3.74. The van der Waals surface area contributed by atoms with Crippen LogP contribution in [0.5, 0.6) is 0 Å². The molecule has 146 valence electrons. The predicted octanol–water partition coefficient (Wildman–Crippen LogP) is 1.86. The second kappa shape index (κ2) is 8.00. The van der Waals surface area contributed by atoms with Gasteiger partial charge in [0.2, 0.25) is 0 Å². The van der Waals surface area contributed by atoms with Crippen molar-refractivity contribution >= 4 is 5.69 Å². The van der Waals surface area contributed by atoms with E-state index in [4.69, 9.17) is 13.9 Å². The summed E-state index contributed by atoms with van der Waals surface area (Å²) < 4.78 is 17.8. The molecule has 0 spiro atoms. The molecule has 2 atom stereocenters. The van der Waals surface area contributed by atoms with E-state index < -0.39 is 5.79 Å². The van der Waals surface area contributed by atoms with Crippen LogP contribution in [0.3, 0.4) is 0 Å². The van der Waals surface area contributed by atoms with E-state index in [0.29, 0.717) is 24.4 Å². The molecule has 2 aliphatic rings. The second-order valence-corrected chi connectivity index (χ2v) is 7.29. The van der Waals surface area contributed by atoms with Gasteiger partial charge in [-0.15, -0.1) is 0 Å². The monoisotopic (exact) mass is 373 g/mol. The maximum absolute atomic E-state index is 6.02. The van der Waals surface area contributed by atoms with Crippen LogP contribution in [0.15, 0.2) is 53.1 Å². The summed E-state index contributed by atoms with van der Waals surface area (Å²) in [7, 11) is 2.23. The van der Waals surface area contributed by atoms with Crippen molar-refractivity contribution in [1.82, 2.24) is 10.3 Å². The summed E-state index contributed by atoms with van der Waals surface area (Å²) in [5, 5.41) is 3.81. The smallest absolute Gasteiger partial charge is 0.275 e. The molecule has 2 fully saturated rings. The van der Waals surface area contributed by atoms with E-state index in [0.717, 1.165) is 44.3 Å². The van der Waals surface area contributed by atoms with E-state index in [1.54, 1.807) is 6.26 Å². The zero-order valence-corrected chi connectivity index (χ0v) is 15.9. The van der Waals surface area contributed by atoms with Gasteiger partial charge in [0.05, 0.1) is 33.1 Å². The molecule has 2 unspecified atom stereocenters. The van der Waals surface area contributed by atoms with Crippen molar-refractivity contribution in [1.29, 1.82) is 0 Å². The van der Waals surface area contributed by atoms with Gasteiger partial charge in [-0.2, -0.15) is 5.43 Å². The van der Waals surface area contributed by atoms with Gasteiger partial charge >= 0.3 is 0 Å². The number of morpholine rings is 2. The number of ether oxygens (including phenoxy) is 2. The quantitative estimate of drug-likeness (QED) is 0.754. The summed E-state index contributed by atoms with van der Waals surface area (Å²) in [5.41, 5.74) is 4.81. The Bertz CT molecular complexity index is 705. The number of quaternary nitrogens is 1. The highest BCUT2D eigenvalue weighted by Gasteiger charge is 2.56. The van der Waals surface area contributed by atoms with Crippen LogP contribution in [0.4, 0.5) is 5.69 Å². The van der Waals surface area contributed by atoms with Crippen LogP contribution in [0.2, 0.25) is 0 Å². The molecule has 4 rings (SSSR count). The zero-order valence-electron chi connectivity index (χ0n) is 15.9. The van der Waals surface area contributed by atoms with Gasteiger partial charge in [-0.3, -0.25) is 0 Å². The second-order valence-electron chi connectivity index (χ2n) is 7.29. The number of furan rings is 1. The Kier molecular flexibility index (Phi) is 5.47. The molecular formula is C20H29N4O3+. The Morgan fingerprint density at radius 1 is 1.04 bits per heavy atom. The molecule has 0 radical (unpaired) electrons. The molecule has 27 heavy (non-hydrogen) atoms. The average Bonchev–Trinajstić information content (AvgIpc) is 3.24. The molecule has 1 aromatic heterocycles. The first-order valence-corrected chi connectivity index (χ1v) is 9.59. The molecule has 7 nitrogen and oxygen atoms in total. The van der Waals surface area contributed by atoms with Crippen molar-refractivity contribution in [2.45, 2.75) is 12.3 Å². The summed E-state index contributed by atoms with van der Waals surface area (Å²) in [6.45, 7) is 5.99. The van der Waals surface area contributed by atoms with Crippen LogP contribution in [-0.2, 0) is 16.0 Å². The van der Waals surface area contributed by atoms with E-state index in [1.165, 1.54) is 0 Å². The van der Waals surface area contributed by atoms with E-state index in [2.05, 4.69) is 47.0 Å². The topological polar surface area (TPSA) is 58.9 Å². The Morgan fingerprint density at radius 2 is 1.85 bits per heavy atom. The van der Waals surface area contributed by atoms with Crippen molar-refractivity contribution in [2.75, 3.05) is 58.4 Å². The summed E-state index contributed by atoms with van der Waals surface area (Å²) in [4.78, 5) is 2.46. The first kappa shape index (κ1) is 18.5. The normalized spacial score (nSPS) is 29.5. The average molecular weight is 373 g/mol. The van der Waals surface area contributed by atoms with Crippen LogP contribution in [0.25, 0.3) is 0 Å². The SMILES string of the molecule is C[N+]1(NCc2ccco2)CCOCC1(Nc1ccccc1)N1CCOCC1. The van der Waals surface area contributed by atoms with Gasteiger partial charge in [-0.1, -0.05) is 18.2 Å². The van der Waals surface area contributed by atoms with Crippen molar-refractivity contribution in [2.24, 2.45) is 0 Å². The molecule has 2 N–H and O–H groups in total. The van der Waals surface area contributed by atoms with Crippen molar-refractivity contribution < 1.29 is 18.5 Å². The fourth-order valence-electron chi connectivity index (χ4n) is 3.99. The van der Waals surface area contributed by atoms with Gasteiger partial charge in [0.1, 0.15) is 25.5 Å². The molecule has 0 saturated carbocycles. The fraction of sp³-hybridized carbons (Fsp3) is 0.500. The number of para-hydroxylation sites is 1. The number of nitrogens with zero attached hydrogens (tertiary/aromatic N) is 2. The van der Waals surface area contributed by atoms with Gasteiger partial charge < -0.3 is 19.2 Å². The van der Waals surface area contributed by atoms with E-state index in [-0.39, 0.29) is 0 Å². The number of hydrogen-bond acceptors (Lipinski definition) is 6. The summed E-state index contributed by atoms with van der Waals surface area (Å²) in [6, 6.07) is 14.3. The molecule has 0 amide bonds. The minimum Gasteiger partial charge on any atom is -0.468 e. The minimum absolute atomic E-state index is 0.435. The number of likely N-dealkylation sites (N-methyl/N-ethyl adjacent to an activating group) is 1. The molecule has 2 aliphatic heterocycles. The van der Waals surface area contributed by atoms with E-state index >= 15 is 0 Å². The number of benzene rings is 1. The van der Waals surface area contributed by atoms with Crippen LogP contribution < -0.4 is 10.7 Å². The van der Waals surface area contributed by atoms with E-state index in [9.17, 15) is 0 Å². The van der Waals surface area contributed by atoms with Crippen LogP contribution >= 0.6 is 0 Å². The summed E-state index contributed by atoms with van der Waals surface area (Å²) in [5.74, 6) is 0.493. The number of rotatable bonds is 6. The van der Waals surface area contributed by atoms with Crippen molar-refractivity contribution in [3.05, 3.63) is 54.5 Å². The molecule has 7 heteroatoms. The van der Waals surface area contributed by atoms with Crippen LogP contribution in [0, 0.1) is 0 Å². The first-order valence-electron chi connectivity index (χ1n) is 9.59. The number of anilines is 1. The Morgan fingerprint density at radius 3 is 2.59 bits per heavy atom. The molecule has 3 heterocycles. The molecule has 2 saturated heterocycles. The van der Waals surface area contributed by atoms with E-state index in [1.807, 2.05) is 18.2 Å². The van der Waals surface area contributed by atoms with Crippen molar-refractivity contribution in [3.8, 4) is 0 Å². The summed E-state index contributed by atoms with van der Waals surface area (Å²) >= 11 is 0. The third-order valence-corrected chi connectivity index (χ3v) is 5.64. The Hall–Kier alpha value is -1.90. The molecule has 2 aromatic rings. The third-order valence-electron chi connectivity index (χ3n) is 5.64. The molecule has 1 aromatic carbocycles. The number of nitrogens with one attached hydrogen (secondary N) is 2. The largest absolute Gasteiger partial charge is 0.468 e. The number of hydrogen-bond donors (Lipinski definition) is 2. The van der Waals surface area contributed by atoms with Gasteiger partial charge in [-0.25, -0.2) is 9.49 Å². The lowest BCUT2D eigenvalue weighted by Gasteiger charge is -2.57. The first-order chi connectivity index (χ1) is 13.2. The lowest BCUT2D eigenvalue weighted by Crippen LogP contribution is -2.83. The lowest BCUT2D eigenvalue weighted by atomic mass is 10.1. The lowest BCUT2D eigenvalue weighted by molar-refractivity contribution is -1.02. The van der Waals surface area contributed by atoms with Crippen LogP contribution in [-0.4, -0.2) is 68.4 Å². The molecule has 0 bridgehead atoms. The van der Waals surface area contributed by atoms with Gasteiger partial charge in [0.25, 0.3) is 5.79 Å². The summed E-state index contributed by atoms with van der Waals surface area (Å²) in [6.07, 6.45) is 1.72. The Balaban J connectivity index is 1.66. The Labute approximate surface area is 160 Å². The predicted molar refractivity (Wildman–Crippen MR) is 103 cm³/mol. The van der Waals surface area contributed by atoms with Gasteiger partial charge in [0, 0.05) is 18.8 Å². The highest BCUT2D eigenvalue weighted by atomic mass is 16.5. The highest BCUT2D eigenvalue weighted by molar-refractivity contribution is 5.44. The van der Waals surface area contributed by atoms with Gasteiger partial charge in [-0.05, 0) is 24.3 Å². The molecular weight excluding hydrogens is 344 g/mol. The minimum atomic E-state index is -0.435. The van der Waals surface area contributed by atoms with Gasteiger partial charge in [0.15, 0.2) is 0 Å². The van der Waals surface area contributed by atoms with Crippen LogP contribution in [0.1, 0.15) is 5.76 Å². The maximum atomic E-state index is 6.02. The zero-order chi connectivity index (χ0) is 18.6.